The van der Waals surface area contributed by atoms with Gasteiger partial charge in [0.1, 0.15) is 0 Å². The molecule has 0 aromatic carbocycles. The fourth-order valence-electron chi connectivity index (χ4n) is 0.308. The lowest BCUT2D eigenvalue weighted by Gasteiger charge is -2.19. The molecule has 0 aromatic heterocycles. The molecule has 0 aromatic rings. The van der Waals surface area contributed by atoms with E-state index in [2.05, 4.69) is 6.58 Å². The highest BCUT2D eigenvalue weighted by Crippen LogP contribution is 2.18. The van der Waals surface area contributed by atoms with Crippen LogP contribution in [0.25, 0.3) is 0 Å². The number of carbonyl (C=O) groups is 1. The molecular formula is C7H10Cl2O2. The van der Waals surface area contributed by atoms with E-state index in [0.717, 1.165) is 0 Å². The Bertz CT molecular complexity index is 175. The first-order chi connectivity index (χ1) is 4.89. The molecule has 2 nitrogen and oxygen atoms in total. The molecule has 0 N–H and O–H groups in total. The molecule has 0 aliphatic rings. The number of halogens is 2. The van der Waals surface area contributed by atoms with Gasteiger partial charge >= 0.3 is 5.97 Å². The summed E-state index contributed by atoms with van der Waals surface area (Å²) >= 11 is 11.0. The Hall–Kier alpha value is -0.210. The number of ether oxygens (including phenoxy) is 1. The molecule has 0 aliphatic carbocycles. The standard InChI is InChI=1S/C7H10Cl2O2/c1-5(2)6(10)11-7(3,9)4-8/h1,4H2,2-3H3. The normalized spacial score (nSPS) is 15.3. The fourth-order valence-corrected chi connectivity index (χ4v) is 0.432. The average molecular weight is 197 g/mol. The second-order valence-corrected chi connectivity index (χ2v) is 3.47. The predicted octanol–water partition coefficient (Wildman–Crippen LogP) is 2.30. The number of carbonyl (C=O) groups excluding carboxylic acids is 1. The molecule has 1 atom stereocenters. The lowest BCUT2D eigenvalue weighted by atomic mass is 10.3. The predicted molar refractivity (Wildman–Crippen MR) is 45.9 cm³/mol. The zero-order valence-corrected chi connectivity index (χ0v) is 8.00. The zero-order chi connectivity index (χ0) is 9.07. The van der Waals surface area contributed by atoms with Crippen molar-refractivity contribution in [1.29, 1.82) is 0 Å². The number of hydrogen-bond donors (Lipinski definition) is 0. The van der Waals surface area contributed by atoms with Crippen molar-refractivity contribution in [3.63, 3.8) is 0 Å². The summed E-state index contributed by atoms with van der Waals surface area (Å²) in [6.07, 6.45) is 0. The van der Waals surface area contributed by atoms with Crippen molar-refractivity contribution in [3.05, 3.63) is 12.2 Å². The molecule has 0 bridgehead atoms. The Kier molecular flexibility index (Phi) is 3.90. The van der Waals surface area contributed by atoms with E-state index in [1.54, 1.807) is 6.92 Å². The van der Waals surface area contributed by atoms with E-state index in [-0.39, 0.29) is 5.88 Å². The summed E-state index contributed by atoms with van der Waals surface area (Å²) in [6.45, 7) is 6.46. The molecule has 0 rings (SSSR count). The molecule has 11 heavy (non-hydrogen) atoms. The Morgan fingerprint density at radius 2 is 2.18 bits per heavy atom. The van der Waals surface area contributed by atoms with Crippen molar-refractivity contribution in [2.75, 3.05) is 5.88 Å². The molecule has 0 saturated heterocycles. The van der Waals surface area contributed by atoms with Gasteiger partial charge in [-0.05, 0) is 13.8 Å². The lowest BCUT2D eigenvalue weighted by molar-refractivity contribution is -0.144. The number of alkyl halides is 2. The van der Waals surface area contributed by atoms with Crippen molar-refractivity contribution in [1.82, 2.24) is 0 Å². The minimum atomic E-state index is -1.13. The maximum Gasteiger partial charge on any atom is 0.334 e. The molecule has 0 saturated carbocycles. The van der Waals surface area contributed by atoms with Crippen LogP contribution in [-0.4, -0.2) is 16.9 Å². The zero-order valence-electron chi connectivity index (χ0n) is 6.49. The number of esters is 1. The number of rotatable bonds is 3. The van der Waals surface area contributed by atoms with Gasteiger partial charge in [0.15, 0.2) is 5.06 Å². The second-order valence-electron chi connectivity index (χ2n) is 2.41. The van der Waals surface area contributed by atoms with Crippen LogP contribution < -0.4 is 0 Å². The molecule has 0 heterocycles. The summed E-state index contributed by atoms with van der Waals surface area (Å²) in [5, 5.41) is -1.13. The van der Waals surface area contributed by atoms with Gasteiger partial charge in [0, 0.05) is 5.57 Å². The van der Waals surface area contributed by atoms with Crippen molar-refractivity contribution in [3.8, 4) is 0 Å². The molecule has 0 amide bonds. The van der Waals surface area contributed by atoms with Gasteiger partial charge in [-0.15, -0.1) is 11.6 Å². The van der Waals surface area contributed by atoms with Gasteiger partial charge in [-0.2, -0.15) is 0 Å². The van der Waals surface area contributed by atoms with E-state index < -0.39 is 11.0 Å². The van der Waals surface area contributed by atoms with Gasteiger partial charge in [-0.25, -0.2) is 4.79 Å². The first-order valence-electron chi connectivity index (χ1n) is 3.03. The maximum atomic E-state index is 10.9. The average Bonchev–Trinajstić information content (AvgIpc) is 1.87. The molecule has 4 heteroatoms. The van der Waals surface area contributed by atoms with E-state index in [1.165, 1.54) is 6.92 Å². The Balaban J connectivity index is 4.04. The van der Waals surface area contributed by atoms with Gasteiger partial charge in [0.2, 0.25) is 0 Å². The first-order valence-corrected chi connectivity index (χ1v) is 3.94. The van der Waals surface area contributed by atoms with Crippen molar-refractivity contribution >= 4 is 29.2 Å². The van der Waals surface area contributed by atoms with E-state index in [4.69, 9.17) is 27.9 Å². The smallest absolute Gasteiger partial charge is 0.334 e. The minimum absolute atomic E-state index is 0.0492. The summed E-state index contributed by atoms with van der Waals surface area (Å²) < 4.78 is 4.74. The van der Waals surface area contributed by atoms with Crippen LogP contribution in [0.3, 0.4) is 0 Å². The van der Waals surface area contributed by atoms with Crippen molar-refractivity contribution < 1.29 is 9.53 Å². The highest BCUT2D eigenvalue weighted by molar-refractivity contribution is 6.30. The van der Waals surface area contributed by atoms with Crippen LogP contribution >= 0.6 is 23.2 Å². The molecule has 0 aliphatic heterocycles. The van der Waals surface area contributed by atoms with Gasteiger partial charge in [0.25, 0.3) is 0 Å². The summed E-state index contributed by atoms with van der Waals surface area (Å²) in [5.41, 5.74) is 0.307. The monoisotopic (exact) mass is 196 g/mol. The van der Waals surface area contributed by atoms with E-state index in [9.17, 15) is 4.79 Å². The van der Waals surface area contributed by atoms with Crippen LogP contribution in [-0.2, 0) is 9.53 Å². The lowest BCUT2D eigenvalue weighted by Crippen LogP contribution is -2.27. The van der Waals surface area contributed by atoms with Crippen LogP contribution in [0.4, 0.5) is 0 Å². The summed E-state index contributed by atoms with van der Waals surface area (Å²) in [5.74, 6) is -0.476. The SMILES string of the molecule is C=C(C)C(=O)OC(C)(Cl)CCl. The van der Waals surface area contributed by atoms with Gasteiger partial charge in [0.05, 0.1) is 5.88 Å². The third kappa shape index (κ3) is 4.27. The largest absolute Gasteiger partial charge is 0.439 e. The fraction of sp³-hybridized carbons (Fsp3) is 0.571. The van der Waals surface area contributed by atoms with Crippen molar-refractivity contribution in [2.24, 2.45) is 0 Å². The van der Waals surface area contributed by atoms with E-state index in [1.807, 2.05) is 0 Å². The topological polar surface area (TPSA) is 26.3 Å². The molecule has 0 radical (unpaired) electrons. The first kappa shape index (κ1) is 10.8. The molecule has 64 valence electrons. The summed E-state index contributed by atoms with van der Waals surface area (Å²) in [6, 6.07) is 0. The van der Waals surface area contributed by atoms with E-state index in [0.29, 0.717) is 5.57 Å². The Morgan fingerprint density at radius 1 is 1.73 bits per heavy atom. The maximum absolute atomic E-state index is 10.9. The Labute approximate surface area is 76.1 Å². The van der Waals surface area contributed by atoms with Gasteiger partial charge in [-0.3, -0.25) is 0 Å². The van der Waals surface area contributed by atoms with Gasteiger partial charge in [-0.1, -0.05) is 18.2 Å². The van der Waals surface area contributed by atoms with Crippen LogP contribution in [0.5, 0.6) is 0 Å². The van der Waals surface area contributed by atoms with Crippen LogP contribution in [0.1, 0.15) is 13.8 Å². The molecule has 0 spiro atoms. The van der Waals surface area contributed by atoms with Crippen LogP contribution in [0, 0.1) is 0 Å². The third-order valence-corrected chi connectivity index (χ3v) is 1.75. The number of hydrogen-bond acceptors (Lipinski definition) is 2. The highest BCUT2D eigenvalue weighted by atomic mass is 35.5. The van der Waals surface area contributed by atoms with Gasteiger partial charge < -0.3 is 4.74 Å². The third-order valence-electron chi connectivity index (χ3n) is 0.893. The molecule has 0 fully saturated rings. The molecular weight excluding hydrogens is 187 g/mol. The van der Waals surface area contributed by atoms with E-state index >= 15 is 0 Å². The minimum Gasteiger partial charge on any atom is -0.439 e. The molecule has 1 unspecified atom stereocenters. The summed E-state index contributed by atoms with van der Waals surface area (Å²) in [7, 11) is 0. The summed E-state index contributed by atoms with van der Waals surface area (Å²) in [4.78, 5) is 10.9. The van der Waals surface area contributed by atoms with Crippen LogP contribution in [0.15, 0.2) is 12.2 Å². The quantitative estimate of drug-likeness (QED) is 0.394. The second kappa shape index (κ2) is 3.98. The highest BCUT2D eigenvalue weighted by Gasteiger charge is 2.24. The van der Waals surface area contributed by atoms with Crippen LogP contribution in [0.2, 0.25) is 0 Å². The Morgan fingerprint density at radius 3 is 2.45 bits per heavy atom. The van der Waals surface area contributed by atoms with Crippen molar-refractivity contribution in [2.45, 2.75) is 18.9 Å².